The van der Waals surface area contributed by atoms with Crippen molar-refractivity contribution in [3.8, 4) is 0 Å². The number of aryl methyl sites for hydroxylation is 2. The predicted molar refractivity (Wildman–Crippen MR) is 76.0 cm³/mol. The molecule has 0 aliphatic heterocycles. The molecule has 0 aromatic heterocycles. The molecule has 0 bridgehead atoms. The van der Waals surface area contributed by atoms with Crippen LogP contribution in [0.15, 0.2) is 36.4 Å². The van der Waals surface area contributed by atoms with E-state index in [9.17, 15) is 8.78 Å². The topological polar surface area (TPSA) is 38.0 Å². The molecule has 0 fully saturated rings. The number of hydrazine groups is 1. The van der Waals surface area contributed by atoms with Crippen LogP contribution >= 0.6 is 0 Å². The van der Waals surface area contributed by atoms with Crippen LogP contribution in [-0.4, -0.2) is 0 Å². The second-order valence-electron chi connectivity index (χ2n) is 4.98. The summed E-state index contributed by atoms with van der Waals surface area (Å²) in [5.74, 6) is 3.92. The first-order valence-electron chi connectivity index (χ1n) is 6.49. The van der Waals surface area contributed by atoms with E-state index in [0.717, 1.165) is 17.2 Å². The zero-order chi connectivity index (χ0) is 14.7. The van der Waals surface area contributed by atoms with Crippen LogP contribution in [0, 0.1) is 25.5 Å². The van der Waals surface area contributed by atoms with Crippen molar-refractivity contribution in [2.45, 2.75) is 26.3 Å². The molecule has 2 nitrogen and oxygen atoms in total. The summed E-state index contributed by atoms with van der Waals surface area (Å²) in [4.78, 5) is 0. The first-order chi connectivity index (χ1) is 9.52. The van der Waals surface area contributed by atoms with Crippen LogP contribution in [0.1, 0.15) is 28.3 Å². The maximum absolute atomic E-state index is 13.7. The normalized spacial score (nSPS) is 12.4. The SMILES string of the molecule is Cc1ccc(C(Cc2cccc(F)c2F)NN)cc1C. The third-order valence-electron chi connectivity index (χ3n) is 3.59. The predicted octanol–water partition coefficient (Wildman–Crippen LogP) is 3.33. The quantitative estimate of drug-likeness (QED) is 0.664. The summed E-state index contributed by atoms with van der Waals surface area (Å²) in [6.45, 7) is 4.03. The number of hydrogen-bond acceptors (Lipinski definition) is 2. The molecule has 106 valence electrons. The van der Waals surface area contributed by atoms with Gasteiger partial charge in [0.2, 0.25) is 0 Å². The lowest BCUT2D eigenvalue weighted by Crippen LogP contribution is -2.30. The van der Waals surface area contributed by atoms with Gasteiger partial charge < -0.3 is 0 Å². The van der Waals surface area contributed by atoms with Gasteiger partial charge in [-0.3, -0.25) is 11.3 Å². The Morgan fingerprint density at radius 1 is 1.10 bits per heavy atom. The van der Waals surface area contributed by atoms with Crippen LogP contribution < -0.4 is 11.3 Å². The molecule has 0 heterocycles. The van der Waals surface area contributed by atoms with Gasteiger partial charge in [-0.25, -0.2) is 8.78 Å². The first kappa shape index (κ1) is 14.6. The smallest absolute Gasteiger partial charge is 0.162 e. The van der Waals surface area contributed by atoms with E-state index in [1.165, 1.54) is 11.6 Å². The van der Waals surface area contributed by atoms with Gasteiger partial charge in [0.15, 0.2) is 11.6 Å². The molecule has 2 aromatic rings. The Hall–Kier alpha value is -1.78. The van der Waals surface area contributed by atoms with Crippen molar-refractivity contribution >= 4 is 0 Å². The largest absolute Gasteiger partial charge is 0.271 e. The van der Waals surface area contributed by atoms with E-state index in [-0.39, 0.29) is 6.04 Å². The van der Waals surface area contributed by atoms with Crippen LogP contribution in [0.5, 0.6) is 0 Å². The molecule has 2 aromatic carbocycles. The fourth-order valence-corrected chi connectivity index (χ4v) is 2.18. The highest BCUT2D eigenvalue weighted by atomic mass is 19.2. The average molecular weight is 276 g/mol. The highest BCUT2D eigenvalue weighted by Gasteiger charge is 2.15. The maximum atomic E-state index is 13.7. The summed E-state index contributed by atoms with van der Waals surface area (Å²) in [6, 6.07) is 9.88. The minimum absolute atomic E-state index is 0.259. The lowest BCUT2D eigenvalue weighted by atomic mass is 9.96. The molecule has 0 spiro atoms. The molecule has 1 atom stereocenters. The Bertz CT molecular complexity index is 611. The van der Waals surface area contributed by atoms with E-state index in [4.69, 9.17) is 5.84 Å². The van der Waals surface area contributed by atoms with Crippen LogP contribution in [0.3, 0.4) is 0 Å². The van der Waals surface area contributed by atoms with Gasteiger partial charge in [-0.15, -0.1) is 0 Å². The monoisotopic (exact) mass is 276 g/mol. The number of rotatable bonds is 4. The van der Waals surface area contributed by atoms with Gasteiger partial charge >= 0.3 is 0 Å². The van der Waals surface area contributed by atoms with Gasteiger partial charge in [0.1, 0.15) is 0 Å². The third kappa shape index (κ3) is 3.03. The van der Waals surface area contributed by atoms with Crippen molar-refractivity contribution in [3.05, 3.63) is 70.3 Å². The fourth-order valence-electron chi connectivity index (χ4n) is 2.18. The van der Waals surface area contributed by atoms with Gasteiger partial charge in [-0.1, -0.05) is 30.3 Å². The van der Waals surface area contributed by atoms with Gasteiger partial charge in [-0.05, 0) is 48.6 Å². The second-order valence-corrected chi connectivity index (χ2v) is 4.98. The van der Waals surface area contributed by atoms with Crippen molar-refractivity contribution in [2.24, 2.45) is 5.84 Å². The van der Waals surface area contributed by atoms with Gasteiger partial charge in [0.25, 0.3) is 0 Å². The molecule has 4 heteroatoms. The molecule has 0 saturated carbocycles. The Morgan fingerprint density at radius 3 is 2.50 bits per heavy atom. The minimum Gasteiger partial charge on any atom is -0.271 e. The average Bonchev–Trinajstić information content (AvgIpc) is 2.44. The van der Waals surface area contributed by atoms with Crippen LogP contribution in [-0.2, 0) is 6.42 Å². The van der Waals surface area contributed by atoms with Crippen molar-refractivity contribution < 1.29 is 8.78 Å². The lowest BCUT2D eigenvalue weighted by molar-refractivity contribution is 0.481. The fraction of sp³-hybridized carbons (Fsp3) is 0.250. The molecule has 0 aliphatic carbocycles. The van der Waals surface area contributed by atoms with Crippen LogP contribution in [0.2, 0.25) is 0 Å². The molecule has 0 saturated heterocycles. The molecule has 2 rings (SSSR count). The molecule has 1 unspecified atom stereocenters. The number of halogens is 2. The second kappa shape index (κ2) is 6.11. The van der Waals surface area contributed by atoms with E-state index in [1.54, 1.807) is 6.07 Å². The minimum atomic E-state index is -0.835. The number of benzene rings is 2. The number of nitrogens with two attached hydrogens (primary N) is 1. The van der Waals surface area contributed by atoms with Crippen molar-refractivity contribution in [1.29, 1.82) is 0 Å². The summed E-state index contributed by atoms with van der Waals surface area (Å²) in [6.07, 6.45) is 0.294. The first-order valence-corrected chi connectivity index (χ1v) is 6.49. The molecular weight excluding hydrogens is 258 g/mol. The summed E-state index contributed by atoms with van der Waals surface area (Å²) in [5, 5.41) is 0. The van der Waals surface area contributed by atoms with Gasteiger partial charge in [-0.2, -0.15) is 0 Å². The molecule has 0 radical (unpaired) electrons. The zero-order valence-electron chi connectivity index (χ0n) is 11.6. The van der Waals surface area contributed by atoms with Crippen molar-refractivity contribution in [2.75, 3.05) is 0 Å². The number of nitrogens with one attached hydrogen (secondary N) is 1. The summed E-state index contributed by atoms with van der Waals surface area (Å²) in [7, 11) is 0. The third-order valence-corrected chi connectivity index (χ3v) is 3.59. The summed E-state index contributed by atoms with van der Waals surface area (Å²) >= 11 is 0. The number of hydrogen-bond donors (Lipinski definition) is 2. The van der Waals surface area contributed by atoms with Crippen molar-refractivity contribution in [3.63, 3.8) is 0 Å². The Balaban J connectivity index is 2.28. The van der Waals surface area contributed by atoms with E-state index in [1.807, 2.05) is 32.0 Å². The zero-order valence-corrected chi connectivity index (χ0v) is 11.6. The Morgan fingerprint density at radius 2 is 1.85 bits per heavy atom. The van der Waals surface area contributed by atoms with E-state index < -0.39 is 11.6 Å². The van der Waals surface area contributed by atoms with E-state index >= 15 is 0 Å². The van der Waals surface area contributed by atoms with Crippen LogP contribution in [0.25, 0.3) is 0 Å². The maximum Gasteiger partial charge on any atom is 0.162 e. The molecular formula is C16H18F2N2. The Kier molecular flexibility index (Phi) is 4.47. The van der Waals surface area contributed by atoms with Crippen molar-refractivity contribution in [1.82, 2.24) is 5.43 Å². The standard InChI is InChI=1S/C16H18F2N2/c1-10-6-7-12(8-11(10)2)15(20-19)9-13-4-3-5-14(17)16(13)18/h3-8,15,20H,9,19H2,1-2H3. The van der Waals surface area contributed by atoms with Gasteiger partial charge in [0.05, 0.1) is 6.04 Å². The van der Waals surface area contributed by atoms with E-state index in [2.05, 4.69) is 5.43 Å². The highest BCUT2D eigenvalue weighted by molar-refractivity contribution is 5.33. The van der Waals surface area contributed by atoms with Crippen LogP contribution in [0.4, 0.5) is 8.78 Å². The molecule has 20 heavy (non-hydrogen) atoms. The van der Waals surface area contributed by atoms with E-state index in [0.29, 0.717) is 12.0 Å². The van der Waals surface area contributed by atoms with Gasteiger partial charge in [0, 0.05) is 0 Å². The Labute approximate surface area is 117 Å². The highest BCUT2D eigenvalue weighted by Crippen LogP contribution is 2.22. The summed E-state index contributed by atoms with van der Waals surface area (Å²) < 4.78 is 26.9. The molecule has 0 aliphatic rings. The summed E-state index contributed by atoms with van der Waals surface area (Å²) in [5.41, 5.74) is 6.26. The molecule has 3 N–H and O–H groups in total. The molecule has 0 amide bonds. The lowest BCUT2D eigenvalue weighted by Gasteiger charge is -2.18.